The fourth-order valence-electron chi connectivity index (χ4n) is 5.38. The monoisotopic (exact) mass is 327 g/mol. The second-order valence-corrected chi connectivity index (χ2v) is 8.51. The molecule has 1 heterocycles. The molecule has 1 aromatic carbocycles. The summed E-state index contributed by atoms with van der Waals surface area (Å²) in [4.78, 5) is 15.4. The molecule has 3 aliphatic rings. The summed E-state index contributed by atoms with van der Waals surface area (Å²) in [6.07, 6.45) is 4.06. The Morgan fingerprint density at radius 2 is 1.96 bits per heavy atom. The molecule has 1 aliphatic heterocycles. The first-order chi connectivity index (χ1) is 11.3. The summed E-state index contributed by atoms with van der Waals surface area (Å²) in [5, 5.41) is 0. The lowest BCUT2D eigenvalue weighted by Crippen LogP contribution is -2.43. The van der Waals surface area contributed by atoms with Crippen LogP contribution in [0.4, 0.5) is 4.39 Å². The summed E-state index contributed by atoms with van der Waals surface area (Å²) in [5.41, 5.74) is 2.07. The second-order valence-electron chi connectivity index (χ2n) is 8.51. The summed E-state index contributed by atoms with van der Waals surface area (Å²) < 4.78 is 13.1. The number of halogens is 1. The van der Waals surface area contributed by atoms with Crippen molar-refractivity contribution in [1.29, 1.82) is 0 Å². The fourth-order valence-corrected chi connectivity index (χ4v) is 5.38. The van der Waals surface area contributed by atoms with Crippen LogP contribution in [0.1, 0.15) is 51.0 Å². The molecule has 3 fully saturated rings. The number of carbonyl (C=O) groups excluding carboxylic acids is 1. The molecule has 2 aliphatic carbocycles. The minimum Gasteiger partial charge on any atom is -0.341 e. The topological polar surface area (TPSA) is 20.3 Å². The Balaban J connectivity index is 1.52. The van der Waals surface area contributed by atoms with E-state index in [4.69, 9.17) is 0 Å². The smallest absolute Gasteiger partial charge is 0.232 e. The van der Waals surface area contributed by atoms with Gasteiger partial charge in [0, 0.05) is 19.0 Å². The lowest BCUT2D eigenvalue weighted by Gasteiger charge is -2.39. The molecule has 0 aromatic heterocycles. The number of nitrogens with zero attached hydrogens (tertiary/aromatic N) is 1. The zero-order valence-electron chi connectivity index (χ0n) is 14.6. The molecule has 0 radical (unpaired) electrons. The highest BCUT2D eigenvalue weighted by atomic mass is 19.1. The highest BCUT2D eigenvalue weighted by molar-refractivity contribution is 5.88. The van der Waals surface area contributed by atoms with Crippen LogP contribution in [0, 0.1) is 22.6 Å². The molecule has 2 bridgehead atoms. The number of amides is 1. The first-order valence-electron chi connectivity index (χ1n) is 9.09. The number of fused-ring (bicyclic) bond motifs is 2. The van der Waals surface area contributed by atoms with E-state index in [1.54, 1.807) is 0 Å². The number of hydrogen-bond acceptors (Lipinski definition) is 1. The Morgan fingerprint density at radius 1 is 1.25 bits per heavy atom. The predicted octanol–water partition coefficient (Wildman–Crippen LogP) is 4.52. The maximum absolute atomic E-state index is 13.4. The standard InChI is InChI=1S/C21H26FNO/c1-14-20(2,3)17-8-10-21(14,12-17)19(24)23-11-9-16(13-23)15-4-6-18(22)7-5-15/h4-7,16-17H,1,8-13H2,2-3H3/t16-,17-,21+/m1/s1. The largest absolute Gasteiger partial charge is 0.341 e. The summed E-state index contributed by atoms with van der Waals surface area (Å²) >= 11 is 0. The van der Waals surface area contributed by atoms with Crippen molar-refractivity contribution in [2.45, 2.75) is 45.4 Å². The molecular weight excluding hydrogens is 301 g/mol. The van der Waals surface area contributed by atoms with Crippen molar-refractivity contribution >= 4 is 5.91 Å². The van der Waals surface area contributed by atoms with E-state index >= 15 is 0 Å². The number of benzene rings is 1. The van der Waals surface area contributed by atoms with E-state index in [-0.39, 0.29) is 16.6 Å². The maximum Gasteiger partial charge on any atom is 0.232 e. The Bertz CT molecular complexity index is 692. The van der Waals surface area contributed by atoms with E-state index in [0.717, 1.165) is 49.9 Å². The van der Waals surface area contributed by atoms with Crippen molar-refractivity contribution in [2.24, 2.45) is 16.7 Å². The van der Waals surface area contributed by atoms with Crippen LogP contribution in [0.2, 0.25) is 0 Å². The summed E-state index contributed by atoms with van der Waals surface area (Å²) in [6.45, 7) is 10.4. The first kappa shape index (κ1) is 15.9. The van der Waals surface area contributed by atoms with Crippen molar-refractivity contribution < 1.29 is 9.18 Å². The third-order valence-electron chi connectivity index (χ3n) is 7.12. The summed E-state index contributed by atoms with van der Waals surface area (Å²) in [6, 6.07) is 6.74. The molecule has 1 aromatic rings. The van der Waals surface area contributed by atoms with Crippen LogP contribution in [0.3, 0.4) is 0 Å². The molecule has 1 amide bonds. The van der Waals surface area contributed by atoms with Crippen molar-refractivity contribution in [3.05, 3.63) is 47.8 Å². The third-order valence-corrected chi connectivity index (χ3v) is 7.12. The van der Waals surface area contributed by atoms with Crippen LogP contribution in [0.25, 0.3) is 0 Å². The highest BCUT2D eigenvalue weighted by Crippen LogP contribution is 2.66. The van der Waals surface area contributed by atoms with Gasteiger partial charge in [0.15, 0.2) is 0 Å². The first-order valence-corrected chi connectivity index (χ1v) is 9.09. The lowest BCUT2D eigenvalue weighted by molar-refractivity contribution is -0.138. The van der Waals surface area contributed by atoms with Crippen LogP contribution in [0.5, 0.6) is 0 Å². The van der Waals surface area contributed by atoms with Crippen LogP contribution in [-0.2, 0) is 4.79 Å². The molecule has 2 nitrogen and oxygen atoms in total. The average Bonchev–Trinajstić information content (AvgIpc) is 3.25. The Morgan fingerprint density at radius 3 is 2.58 bits per heavy atom. The van der Waals surface area contributed by atoms with Gasteiger partial charge in [-0.05, 0) is 54.7 Å². The quantitative estimate of drug-likeness (QED) is 0.731. The van der Waals surface area contributed by atoms with Gasteiger partial charge >= 0.3 is 0 Å². The molecule has 24 heavy (non-hydrogen) atoms. The molecule has 2 saturated carbocycles. The SMILES string of the molecule is C=C1C(C)(C)[C@@H]2CC[C@]1(C(=O)N1CC[C@@H](c3ccc(F)cc3)C1)C2. The minimum absolute atomic E-state index is 0.0873. The second kappa shape index (κ2) is 5.18. The van der Waals surface area contributed by atoms with Gasteiger partial charge in [-0.1, -0.05) is 38.1 Å². The molecule has 3 heteroatoms. The van der Waals surface area contributed by atoms with Gasteiger partial charge in [0.2, 0.25) is 5.91 Å². The summed E-state index contributed by atoms with van der Waals surface area (Å²) in [7, 11) is 0. The Hall–Kier alpha value is -1.64. The molecule has 3 atom stereocenters. The van der Waals surface area contributed by atoms with Crippen LogP contribution < -0.4 is 0 Å². The van der Waals surface area contributed by atoms with Crippen molar-refractivity contribution in [3.63, 3.8) is 0 Å². The normalized spacial score (nSPS) is 34.1. The minimum atomic E-state index is -0.314. The Kier molecular flexibility index (Phi) is 3.42. The van der Waals surface area contributed by atoms with Gasteiger partial charge in [-0.15, -0.1) is 0 Å². The van der Waals surface area contributed by atoms with Crippen LogP contribution >= 0.6 is 0 Å². The molecular formula is C21H26FNO. The summed E-state index contributed by atoms with van der Waals surface area (Å²) in [5.74, 6) is 1.02. The van der Waals surface area contributed by atoms with Gasteiger partial charge < -0.3 is 4.90 Å². The predicted molar refractivity (Wildman–Crippen MR) is 93.0 cm³/mol. The lowest BCUT2D eigenvalue weighted by atomic mass is 9.68. The Labute approximate surface area is 143 Å². The van der Waals surface area contributed by atoms with Crippen LogP contribution in [0.15, 0.2) is 36.4 Å². The van der Waals surface area contributed by atoms with Crippen molar-refractivity contribution in [1.82, 2.24) is 4.90 Å². The number of likely N-dealkylation sites (tertiary alicyclic amines) is 1. The van der Waals surface area contributed by atoms with E-state index < -0.39 is 0 Å². The van der Waals surface area contributed by atoms with Crippen LogP contribution in [-0.4, -0.2) is 23.9 Å². The molecule has 0 spiro atoms. The van der Waals surface area contributed by atoms with E-state index in [9.17, 15) is 9.18 Å². The van der Waals surface area contributed by atoms with Gasteiger partial charge in [-0.25, -0.2) is 4.39 Å². The van der Waals surface area contributed by atoms with E-state index in [1.165, 1.54) is 12.1 Å². The zero-order valence-corrected chi connectivity index (χ0v) is 14.6. The van der Waals surface area contributed by atoms with Crippen molar-refractivity contribution in [3.8, 4) is 0 Å². The van der Waals surface area contributed by atoms with Crippen molar-refractivity contribution in [2.75, 3.05) is 13.1 Å². The zero-order chi connectivity index (χ0) is 17.1. The van der Waals surface area contributed by atoms with E-state index in [1.807, 2.05) is 17.0 Å². The van der Waals surface area contributed by atoms with Gasteiger partial charge in [0.1, 0.15) is 5.82 Å². The average molecular weight is 327 g/mol. The molecule has 1 saturated heterocycles. The molecule has 0 N–H and O–H groups in total. The van der Waals surface area contributed by atoms with Gasteiger partial charge in [-0.2, -0.15) is 0 Å². The van der Waals surface area contributed by atoms with Gasteiger partial charge in [-0.3, -0.25) is 4.79 Å². The fraction of sp³-hybridized carbons (Fsp3) is 0.571. The molecule has 0 unspecified atom stereocenters. The number of rotatable bonds is 2. The van der Waals surface area contributed by atoms with Gasteiger partial charge in [0.25, 0.3) is 0 Å². The molecule has 4 rings (SSSR count). The van der Waals surface area contributed by atoms with Gasteiger partial charge in [0.05, 0.1) is 5.41 Å². The van der Waals surface area contributed by atoms with E-state index in [2.05, 4.69) is 20.4 Å². The highest BCUT2D eigenvalue weighted by Gasteiger charge is 2.61. The number of carbonyl (C=O) groups is 1. The maximum atomic E-state index is 13.4. The molecule has 128 valence electrons. The number of hydrogen-bond donors (Lipinski definition) is 0. The third kappa shape index (κ3) is 2.09. The van der Waals surface area contributed by atoms with E-state index in [0.29, 0.717) is 17.7 Å².